The van der Waals surface area contributed by atoms with Crippen molar-refractivity contribution in [1.29, 1.82) is 0 Å². The number of nitrogens with zero attached hydrogens (tertiary/aromatic N) is 1. The summed E-state index contributed by atoms with van der Waals surface area (Å²) in [5.41, 5.74) is 0.415. The third-order valence-corrected chi connectivity index (χ3v) is 6.18. The Morgan fingerprint density at radius 3 is 1.40 bits per heavy atom. The van der Waals surface area contributed by atoms with Gasteiger partial charge in [-0.2, -0.15) is 0 Å². The van der Waals surface area contributed by atoms with Gasteiger partial charge in [-0.25, -0.2) is 0 Å². The van der Waals surface area contributed by atoms with E-state index in [4.69, 9.17) is 4.74 Å². The lowest BCUT2D eigenvalue weighted by Gasteiger charge is -2.70. The molecule has 1 heterocycles. The molecular formula is C18H35NO. The minimum atomic E-state index is -0.237. The van der Waals surface area contributed by atoms with Crippen molar-refractivity contribution in [3.63, 3.8) is 0 Å². The lowest BCUT2D eigenvalue weighted by Crippen LogP contribution is -2.81. The Balaban J connectivity index is 3.60. The molecule has 0 aromatic rings. The first-order chi connectivity index (χ1) is 8.52. The molecule has 0 aromatic heterocycles. The van der Waals surface area contributed by atoms with Crippen LogP contribution in [0.15, 0.2) is 12.2 Å². The van der Waals surface area contributed by atoms with E-state index in [1.54, 1.807) is 0 Å². The highest BCUT2D eigenvalue weighted by Gasteiger charge is 2.63. The van der Waals surface area contributed by atoms with Crippen LogP contribution in [0.4, 0.5) is 0 Å². The molecule has 0 aromatic carbocycles. The third kappa shape index (κ3) is 2.16. The van der Waals surface area contributed by atoms with Crippen LogP contribution >= 0.6 is 0 Å². The van der Waals surface area contributed by atoms with E-state index in [1.165, 1.54) is 5.57 Å². The molecule has 0 atom stereocenters. The zero-order valence-corrected chi connectivity index (χ0v) is 15.6. The maximum atomic E-state index is 6.53. The molecular weight excluding hydrogens is 246 g/mol. The van der Waals surface area contributed by atoms with E-state index in [1.807, 2.05) is 0 Å². The van der Waals surface area contributed by atoms with Crippen molar-refractivity contribution >= 4 is 0 Å². The van der Waals surface area contributed by atoms with Crippen LogP contribution in [0.2, 0.25) is 0 Å². The molecule has 0 amide bonds. The summed E-state index contributed by atoms with van der Waals surface area (Å²) in [4.78, 5) is 2.61. The summed E-state index contributed by atoms with van der Waals surface area (Å²) in [5.74, 6) is 0. The standard InChI is InChI=1S/C18H35NO/c1-13(2)14(3,4)19-15(5,6)17(9,10)20-18(11,12)16(19,7)8/h1H2,2-12H3. The van der Waals surface area contributed by atoms with Gasteiger partial charge in [0, 0.05) is 16.6 Å². The van der Waals surface area contributed by atoms with Gasteiger partial charge < -0.3 is 4.74 Å². The quantitative estimate of drug-likeness (QED) is 0.675. The lowest BCUT2D eigenvalue weighted by atomic mass is 9.68. The average Bonchev–Trinajstić information content (AvgIpc) is 2.11. The van der Waals surface area contributed by atoms with Crippen molar-refractivity contribution in [3.8, 4) is 0 Å². The molecule has 2 heteroatoms. The predicted octanol–water partition coefficient (Wildman–Crippen LogP) is 4.79. The first-order valence-electron chi connectivity index (χ1n) is 7.68. The highest BCUT2D eigenvalue weighted by Crippen LogP contribution is 2.53. The summed E-state index contributed by atoms with van der Waals surface area (Å²) in [6, 6.07) is 0. The maximum absolute atomic E-state index is 6.53. The fourth-order valence-corrected chi connectivity index (χ4v) is 3.71. The van der Waals surface area contributed by atoms with Gasteiger partial charge in [0.05, 0.1) is 11.2 Å². The molecule has 0 unspecified atom stereocenters. The fraction of sp³-hybridized carbons (Fsp3) is 0.889. The van der Waals surface area contributed by atoms with Gasteiger partial charge in [-0.15, -0.1) is 0 Å². The van der Waals surface area contributed by atoms with Crippen molar-refractivity contribution in [2.75, 3.05) is 0 Å². The molecule has 20 heavy (non-hydrogen) atoms. The summed E-state index contributed by atoms with van der Waals surface area (Å²) in [6.45, 7) is 28.9. The summed E-state index contributed by atoms with van der Waals surface area (Å²) < 4.78 is 6.53. The number of morpholine rings is 1. The van der Waals surface area contributed by atoms with Crippen molar-refractivity contribution in [2.45, 2.75) is 104 Å². The van der Waals surface area contributed by atoms with Gasteiger partial charge in [-0.05, 0) is 76.2 Å². The van der Waals surface area contributed by atoms with Crippen LogP contribution in [0.1, 0.15) is 76.2 Å². The number of hydrogen-bond acceptors (Lipinski definition) is 2. The van der Waals surface area contributed by atoms with Crippen molar-refractivity contribution in [2.24, 2.45) is 0 Å². The highest BCUT2D eigenvalue weighted by molar-refractivity contribution is 5.23. The van der Waals surface area contributed by atoms with Gasteiger partial charge in [0.2, 0.25) is 0 Å². The van der Waals surface area contributed by atoms with E-state index in [2.05, 4.69) is 87.6 Å². The van der Waals surface area contributed by atoms with Crippen molar-refractivity contribution < 1.29 is 4.74 Å². The lowest BCUT2D eigenvalue weighted by molar-refractivity contribution is -0.307. The Morgan fingerprint density at radius 1 is 0.850 bits per heavy atom. The molecule has 1 aliphatic heterocycles. The van der Waals surface area contributed by atoms with Crippen LogP contribution in [0.3, 0.4) is 0 Å². The van der Waals surface area contributed by atoms with E-state index >= 15 is 0 Å². The van der Waals surface area contributed by atoms with Crippen LogP contribution in [0.5, 0.6) is 0 Å². The van der Waals surface area contributed by atoms with E-state index in [9.17, 15) is 0 Å². The average molecular weight is 281 g/mol. The maximum Gasteiger partial charge on any atom is 0.0812 e. The van der Waals surface area contributed by atoms with E-state index in [0.29, 0.717) is 0 Å². The molecule has 2 nitrogen and oxygen atoms in total. The van der Waals surface area contributed by atoms with Crippen LogP contribution in [-0.2, 0) is 4.74 Å². The van der Waals surface area contributed by atoms with Gasteiger partial charge in [0.25, 0.3) is 0 Å². The molecule has 0 aliphatic carbocycles. The second kappa shape index (κ2) is 4.33. The molecule has 0 saturated carbocycles. The van der Waals surface area contributed by atoms with Gasteiger partial charge in [0.1, 0.15) is 0 Å². The Morgan fingerprint density at radius 2 is 1.15 bits per heavy atom. The van der Waals surface area contributed by atoms with Crippen molar-refractivity contribution in [1.82, 2.24) is 4.90 Å². The Kier molecular flexibility index (Phi) is 3.83. The third-order valence-electron chi connectivity index (χ3n) is 6.18. The fourth-order valence-electron chi connectivity index (χ4n) is 3.71. The van der Waals surface area contributed by atoms with Crippen LogP contribution in [-0.4, -0.2) is 32.7 Å². The first-order valence-corrected chi connectivity index (χ1v) is 7.68. The highest BCUT2D eigenvalue weighted by atomic mass is 16.5. The van der Waals surface area contributed by atoms with E-state index in [-0.39, 0.29) is 27.8 Å². The van der Waals surface area contributed by atoms with Gasteiger partial charge in [-0.1, -0.05) is 12.2 Å². The Hall–Kier alpha value is -0.340. The van der Waals surface area contributed by atoms with Crippen LogP contribution in [0.25, 0.3) is 0 Å². The zero-order valence-electron chi connectivity index (χ0n) is 15.6. The number of rotatable bonds is 2. The Labute approximate surface area is 126 Å². The monoisotopic (exact) mass is 281 g/mol. The SMILES string of the molecule is C=C(C)C(C)(C)N1C(C)(C)C(C)(C)OC(C)(C)C1(C)C. The summed E-state index contributed by atoms with van der Waals surface area (Å²) in [6.07, 6.45) is 0. The molecule has 0 spiro atoms. The van der Waals surface area contributed by atoms with Gasteiger partial charge in [-0.3, -0.25) is 4.90 Å². The normalized spacial score (nSPS) is 28.1. The second-order valence-electron chi connectivity index (χ2n) is 8.92. The number of ether oxygens (including phenoxy) is 1. The Bertz CT molecular complexity index is 387. The largest absolute Gasteiger partial charge is 0.366 e. The summed E-state index contributed by atoms with van der Waals surface area (Å²) in [7, 11) is 0. The molecule has 1 saturated heterocycles. The van der Waals surface area contributed by atoms with Gasteiger partial charge in [0.15, 0.2) is 0 Å². The molecule has 118 valence electrons. The molecule has 0 N–H and O–H groups in total. The molecule has 1 aliphatic rings. The van der Waals surface area contributed by atoms with E-state index in [0.717, 1.165) is 0 Å². The molecule has 1 rings (SSSR count). The van der Waals surface area contributed by atoms with E-state index < -0.39 is 0 Å². The summed E-state index contributed by atoms with van der Waals surface area (Å²) >= 11 is 0. The first kappa shape index (κ1) is 17.7. The van der Waals surface area contributed by atoms with Crippen LogP contribution in [0, 0.1) is 0 Å². The summed E-state index contributed by atoms with van der Waals surface area (Å²) in [5, 5.41) is 0. The molecule has 1 fully saturated rings. The van der Waals surface area contributed by atoms with Gasteiger partial charge >= 0.3 is 0 Å². The number of hydrogen-bond donors (Lipinski definition) is 0. The predicted molar refractivity (Wildman–Crippen MR) is 88.1 cm³/mol. The second-order valence-corrected chi connectivity index (χ2v) is 8.92. The minimum Gasteiger partial charge on any atom is -0.366 e. The topological polar surface area (TPSA) is 12.5 Å². The van der Waals surface area contributed by atoms with Crippen molar-refractivity contribution in [3.05, 3.63) is 12.2 Å². The molecule has 0 radical (unpaired) electrons. The smallest absolute Gasteiger partial charge is 0.0812 e. The molecule has 0 bridgehead atoms. The van der Waals surface area contributed by atoms with Crippen LogP contribution < -0.4 is 0 Å². The zero-order chi connectivity index (χ0) is 16.4. The minimum absolute atomic E-state index is 0.0919.